The standard InChI is InChI=1S/C19H29NO/c1-15-7-9-16(10-8-15)17(14-20-18-11-12-18)4-2-5-19-6-3-13-21-19/h7-10,17-20H,2-6,11-14H2,1H3. The van der Waals surface area contributed by atoms with Gasteiger partial charge in [0.05, 0.1) is 6.10 Å². The Morgan fingerprint density at radius 3 is 2.67 bits per heavy atom. The van der Waals surface area contributed by atoms with Crippen molar-refractivity contribution in [2.45, 2.75) is 69.9 Å². The molecule has 1 saturated heterocycles. The summed E-state index contributed by atoms with van der Waals surface area (Å²) in [6.45, 7) is 4.28. The molecule has 21 heavy (non-hydrogen) atoms. The number of aryl methyl sites for hydroxylation is 1. The van der Waals surface area contributed by atoms with Gasteiger partial charge in [0.1, 0.15) is 0 Å². The molecule has 1 aromatic carbocycles. The number of benzene rings is 1. The number of ether oxygens (including phenoxy) is 1. The molecule has 116 valence electrons. The third-order valence-electron chi connectivity index (χ3n) is 4.88. The van der Waals surface area contributed by atoms with Gasteiger partial charge in [-0.15, -0.1) is 0 Å². The first-order valence-electron chi connectivity index (χ1n) is 8.73. The van der Waals surface area contributed by atoms with Crippen molar-refractivity contribution in [1.82, 2.24) is 5.32 Å². The largest absolute Gasteiger partial charge is 0.378 e. The van der Waals surface area contributed by atoms with Crippen LogP contribution in [0.3, 0.4) is 0 Å². The van der Waals surface area contributed by atoms with Crippen molar-refractivity contribution in [2.24, 2.45) is 0 Å². The van der Waals surface area contributed by atoms with E-state index in [2.05, 4.69) is 36.5 Å². The first-order chi connectivity index (χ1) is 10.3. The van der Waals surface area contributed by atoms with Gasteiger partial charge in [-0.3, -0.25) is 0 Å². The summed E-state index contributed by atoms with van der Waals surface area (Å²) >= 11 is 0. The van der Waals surface area contributed by atoms with Crippen LogP contribution in [0.5, 0.6) is 0 Å². The van der Waals surface area contributed by atoms with Crippen LogP contribution in [0.1, 0.15) is 62.0 Å². The second-order valence-electron chi connectivity index (χ2n) is 6.86. The fourth-order valence-electron chi connectivity index (χ4n) is 3.29. The quantitative estimate of drug-likeness (QED) is 0.774. The summed E-state index contributed by atoms with van der Waals surface area (Å²) in [6, 6.07) is 9.94. The molecule has 0 amide bonds. The summed E-state index contributed by atoms with van der Waals surface area (Å²) in [5, 5.41) is 3.72. The van der Waals surface area contributed by atoms with Gasteiger partial charge >= 0.3 is 0 Å². The van der Waals surface area contributed by atoms with Crippen LogP contribution in [-0.4, -0.2) is 25.3 Å². The SMILES string of the molecule is Cc1ccc(C(CCCC2CCCO2)CNC2CC2)cc1. The lowest BCUT2D eigenvalue weighted by atomic mass is 9.92. The molecule has 2 atom stereocenters. The molecule has 1 heterocycles. The van der Waals surface area contributed by atoms with Crippen LogP contribution in [0.2, 0.25) is 0 Å². The summed E-state index contributed by atoms with van der Waals surface area (Å²) < 4.78 is 5.75. The van der Waals surface area contributed by atoms with Gasteiger partial charge < -0.3 is 10.1 Å². The average molecular weight is 287 g/mol. The molecule has 3 rings (SSSR count). The van der Waals surface area contributed by atoms with Gasteiger partial charge in [-0.25, -0.2) is 0 Å². The van der Waals surface area contributed by atoms with Gasteiger partial charge in [-0.1, -0.05) is 36.2 Å². The molecule has 2 heteroatoms. The molecule has 1 aliphatic carbocycles. The van der Waals surface area contributed by atoms with Gasteiger partial charge in [0.2, 0.25) is 0 Å². The van der Waals surface area contributed by atoms with E-state index >= 15 is 0 Å². The Balaban J connectivity index is 1.51. The Morgan fingerprint density at radius 2 is 2.00 bits per heavy atom. The lowest BCUT2D eigenvalue weighted by Gasteiger charge is -2.19. The van der Waals surface area contributed by atoms with Crippen molar-refractivity contribution < 1.29 is 4.74 Å². The summed E-state index contributed by atoms with van der Waals surface area (Å²) in [5.41, 5.74) is 2.85. The highest BCUT2D eigenvalue weighted by Gasteiger charge is 2.23. The van der Waals surface area contributed by atoms with Crippen molar-refractivity contribution in [3.63, 3.8) is 0 Å². The number of hydrogen-bond donors (Lipinski definition) is 1. The highest BCUT2D eigenvalue weighted by molar-refractivity contribution is 5.24. The Kier molecular flexibility index (Phi) is 5.32. The fraction of sp³-hybridized carbons (Fsp3) is 0.684. The fourth-order valence-corrected chi connectivity index (χ4v) is 3.29. The maximum Gasteiger partial charge on any atom is 0.0576 e. The molecule has 2 unspecified atom stereocenters. The van der Waals surface area contributed by atoms with E-state index in [0.717, 1.165) is 19.2 Å². The lowest BCUT2D eigenvalue weighted by molar-refractivity contribution is 0.101. The van der Waals surface area contributed by atoms with Crippen LogP contribution in [0.25, 0.3) is 0 Å². The maximum absolute atomic E-state index is 5.75. The molecule has 0 spiro atoms. The molecule has 0 radical (unpaired) electrons. The zero-order chi connectivity index (χ0) is 14.5. The molecule has 1 N–H and O–H groups in total. The minimum absolute atomic E-state index is 0.542. The smallest absolute Gasteiger partial charge is 0.0576 e. The average Bonchev–Trinajstić information content (AvgIpc) is 3.18. The summed E-state index contributed by atoms with van der Waals surface area (Å²) in [5.74, 6) is 0.660. The van der Waals surface area contributed by atoms with E-state index in [-0.39, 0.29) is 0 Å². The Morgan fingerprint density at radius 1 is 1.19 bits per heavy atom. The third kappa shape index (κ3) is 4.82. The second-order valence-corrected chi connectivity index (χ2v) is 6.86. The number of hydrogen-bond acceptors (Lipinski definition) is 2. The van der Waals surface area contributed by atoms with E-state index in [0.29, 0.717) is 12.0 Å². The van der Waals surface area contributed by atoms with E-state index in [9.17, 15) is 0 Å². The monoisotopic (exact) mass is 287 g/mol. The van der Waals surface area contributed by atoms with Crippen molar-refractivity contribution in [2.75, 3.05) is 13.2 Å². The Hall–Kier alpha value is -0.860. The molecule has 1 saturated carbocycles. The highest BCUT2D eigenvalue weighted by Crippen LogP contribution is 2.27. The normalized spacial score (nSPS) is 23.4. The van der Waals surface area contributed by atoms with Crippen LogP contribution in [0, 0.1) is 6.92 Å². The van der Waals surface area contributed by atoms with Crippen LogP contribution in [-0.2, 0) is 4.74 Å². The first kappa shape index (κ1) is 15.1. The zero-order valence-corrected chi connectivity index (χ0v) is 13.3. The molecule has 1 aliphatic heterocycles. The molecule has 1 aromatic rings. The summed E-state index contributed by atoms with van der Waals surface area (Å²) in [7, 11) is 0. The maximum atomic E-state index is 5.75. The van der Waals surface area contributed by atoms with Gasteiger partial charge in [0.15, 0.2) is 0 Å². The number of nitrogens with one attached hydrogen (secondary N) is 1. The van der Waals surface area contributed by atoms with Crippen molar-refractivity contribution in [3.8, 4) is 0 Å². The zero-order valence-electron chi connectivity index (χ0n) is 13.3. The van der Waals surface area contributed by atoms with Crippen LogP contribution in [0.4, 0.5) is 0 Å². The highest BCUT2D eigenvalue weighted by atomic mass is 16.5. The minimum atomic E-state index is 0.542. The molecular formula is C19H29NO. The van der Waals surface area contributed by atoms with E-state index in [1.165, 1.54) is 56.1 Å². The van der Waals surface area contributed by atoms with Gasteiger partial charge in [0.25, 0.3) is 0 Å². The molecule has 2 fully saturated rings. The van der Waals surface area contributed by atoms with Gasteiger partial charge in [0, 0.05) is 19.2 Å². The third-order valence-corrected chi connectivity index (χ3v) is 4.88. The number of rotatable bonds is 8. The van der Waals surface area contributed by atoms with Gasteiger partial charge in [-0.05, 0) is 56.9 Å². The van der Waals surface area contributed by atoms with Crippen LogP contribution < -0.4 is 5.32 Å². The van der Waals surface area contributed by atoms with Crippen molar-refractivity contribution in [1.29, 1.82) is 0 Å². The predicted octanol–water partition coefficient (Wildman–Crippen LogP) is 4.18. The lowest BCUT2D eigenvalue weighted by Crippen LogP contribution is -2.23. The first-order valence-corrected chi connectivity index (χ1v) is 8.73. The molecule has 2 aliphatic rings. The molecule has 0 aromatic heterocycles. The second kappa shape index (κ2) is 7.42. The predicted molar refractivity (Wildman–Crippen MR) is 87.8 cm³/mol. The Bertz CT molecular complexity index is 418. The molecule has 2 nitrogen and oxygen atoms in total. The van der Waals surface area contributed by atoms with Crippen molar-refractivity contribution in [3.05, 3.63) is 35.4 Å². The van der Waals surface area contributed by atoms with Crippen molar-refractivity contribution >= 4 is 0 Å². The minimum Gasteiger partial charge on any atom is -0.378 e. The van der Waals surface area contributed by atoms with E-state index in [1.54, 1.807) is 0 Å². The van der Waals surface area contributed by atoms with E-state index < -0.39 is 0 Å². The Labute approximate surface area is 129 Å². The van der Waals surface area contributed by atoms with Gasteiger partial charge in [-0.2, -0.15) is 0 Å². The molecular weight excluding hydrogens is 258 g/mol. The van der Waals surface area contributed by atoms with E-state index in [1.807, 2.05) is 0 Å². The van der Waals surface area contributed by atoms with Crippen LogP contribution in [0.15, 0.2) is 24.3 Å². The molecule has 0 bridgehead atoms. The topological polar surface area (TPSA) is 21.3 Å². The summed E-state index contributed by atoms with van der Waals surface area (Å²) in [4.78, 5) is 0. The van der Waals surface area contributed by atoms with Crippen LogP contribution >= 0.6 is 0 Å². The van der Waals surface area contributed by atoms with E-state index in [4.69, 9.17) is 4.74 Å². The summed E-state index contributed by atoms with van der Waals surface area (Å²) in [6.07, 6.45) is 9.63.